The summed E-state index contributed by atoms with van der Waals surface area (Å²) in [7, 11) is 0. The Morgan fingerprint density at radius 3 is 2.75 bits per heavy atom. The molecule has 0 aliphatic carbocycles. The number of aryl methyl sites for hydroxylation is 1. The summed E-state index contributed by atoms with van der Waals surface area (Å²) in [6.07, 6.45) is 1.09. The third-order valence-electron chi connectivity index (χ3n) is 3.97. The summed E-state index contributed by atoms with van der Waals surface area (Å²) in [5.74, 6) is 1.47. The van der Waals surface area contributed by atoms with Crippen molar-refractivity contribution < 1.29 is 14.2 Å². The van der Waals surface area contributed by atoms with Gasteiger partial charge in [-0.2, -0.15) is 0 Å². The molecule has 1 aromatic heterocycles. The number of aliphatic hydroxyl groups is 1. The van der Waals surface area contributed by atoms with Crippen LogP contribution in [-0.2, 0) is 6.54 Å². The van der Waals surface area contributed by atoms with Crippen LogP contribution in [0.4, 0.5) is 4.39 Å². The van der Waals surface area contributed by atoms with Gasteiger partial charge in [-0.3, -0.25) is 4.57 Å². The van der Waals surface area contributed by atoms with Gasteiger partial charge >= 0.3 is 0 Å². The molecule has 5 nitrogen and oxygen atoms in total. The van der Waals surface area contributed by atoms with E-state index in [-0.39, 0.29) is 12.4 Å². The lowest BCUT2D eigenvalue weighted by Gasteiger charge is -2.13. The molecule has 1 heterocycles. The molecule has 0 saturated carbocycles. The van der Waals surface area contributed by atoms with Crippen LogP contribution in [0.3, 0.4) is 0 Å². The number of aromatic nitrogens is 3. The van der Waals surface area contributed by atoms with Crippen molar-refractivity contribution in [2.24, 2.45) is 0 Å². The van der Waals surface area contributed by atoms with Crippen LogP contribution in [-0.4, -0.2) is 38.3 Å². The fourth-order valence-electron chi connectivity index (χ4n) is 2.62. The van der Waals surface area contributed by atoms with E-state index >= 15 is 0 Å². The number of rotatable bonds is 9. The highest BCUT2D eigenvalue weighted by molar-refractivity contribution is 7.99. The van der Waals surface area contributed by atoms with E-state index in [0.29, 0.717) is 23.3 Å². The fraction of sp³-hybridized carbons (Fsp3) is 0.238. The van der Waals surface area contributed by atoms with Crippen molar-refractivity contribution in [2.75, 3.05) is 12.4 Å². The number of ether oxygens (including phenoxy) is 1. The van der Waals surface area contributed by atoms with Crippen LogP contribution in [0.2, 0.25) is 0 Å². The Hall–Kier alpha value is -2.64. The number of hydrogen-bond acceptors (Lipinski definition) is 5. The zero-order valence-corrected chi connectivity index (χ0v) is 16.4. The first-order chi connectivity index (χ1) is 13.6. The van der Waals surface area contributed by atoms with Gasteiger partial charge in [-0.05, 0) is 48.9 Å². The Labute approximate surface area is 167 Å². The monoisotopic (exact) mass is 399 g/mol. The van der Waals surface area contributed by atoms with Crippen LogP contribution in [0.1, 0.15) is 5.56 Å². The van der Waals surface area contributed by atoms with Crippen LogP contribution in [0, 0.1) is 12.7 Å². The minimum absolute atomic E-state index is 0.191. The van der Waals surface area contributed by atoms with E-state index in [4.69, 9.17) is 4.74 Å². The van der Waals surface area contributed by atoms with Gasteiger partial charge in [-0.15, -0.1) is 16.8 Å². The molecule has 0 unspecified atom stereocenters. The van der Waals surface area contributed by atoms with Gasteiger partial charge in [-0.25, -0.2) is 4.39 Å². The summed E-state index contributed by atoms with van der Waals surface area (Å²) in [5, 5.41) is 19.4. The normalized spacial score (nSPS) is 12.0. The van der Waals surface area contributed by atoms with E-state index < -0.39 is 6.10 Å². The van der Waals surface area contributed by atoms with Crippen LogP contribution in [0.15, 0.2) is 66.3 Å². The van der Waals surface area contributed by atoms with E-state index in [9.17, 15) is 9.50 Å². The first kappa shape index (κ1) is 20.1. The first-order valence-corrected chi connectivity index (χ1v) is 9.85. The van der Waals surface area contributed by atoms with Gasteiger partial charge in [0.05, 0.1) is 6.10 Å². The Morgan fingerprint density at radius 1 is 1.25 bits per heavy atom. The third-order valence-corrected chi connectivity index (χ3v) is 5.08. The molecule has 2 aromatic carbocycles. The zero-order valence-electron chi connectivity index (χ0n) is 15.6. The highest BCUT2D eigenvalue weighted by Crippen LogP contribution is 2.25. The molecule has 0 spiro atoms. The number of nitrogens with zero attached hydrogens (tertiary/aromatic N) is 3. The number of thioether (sulfide) groups is 1. The van der Waals surface area contributed by atoms with E-state index in [2.05, 4.69) is 16.8 Å². The number of allylic oxidation sites excluding steroid dienone is 1. The molecule has 0 radical (unpaired) electrons. The van der Waals surface area contributed by atoms with E-state index in [1.165, 1.54) is 23.9 Å². The van der Waals surface area contributed by atoms with Crippen LogP contribution < -0.4 is 4.74 Å². The van der Waals surface area contributed by atoms with Crippen molar-refractivity contribution in [1.29, 1.82) is 0 Å². The van der Waals surface area contributed by atoms with E-state index in [0.717, 1.165) is 16.9 Å². The molecule has 0 bridgehead atoms. The average Bonchev–Trinajstić information content (AvgIpc) is 3.08. The smallest absolute Gasteiger partial charge is 0.191 e. The lowest BCUT2D eigenvalue weighted by molar-refractivity contribution is 0.126. The molecule has 7 heteroatoms. The molecule has 0 fully saturated rings. The summed E-state index contributed by atoms with van der Waals surface area (Å²) >= 11 is 1.39. The van der Waals surface area contributed by atoms with Gasteiger partial charge in [0.15, 0.2) is 11.0 Å². The summed E-state index contributed by atoms with van der Waals surface area (Å²) in [6, 6.07) is 13.8. The molecular weight excluding hydrogens is 377 g/mol. The Kier molecular flexibility index (Phi) is 6.84. The quantitative estimate of drug-likeness (QED) is 0.433. The van der Waals surface area contributed by atoms with Crippen molar-refractivity contribution in [3.8, 4) is 17.1 Å². The maximum atomic E-state index is 13.2. The van der Waals surface area contributed by atoms with Gasteiger partial charge in [-0.1, -0.05) is 30.0 Å². The highest BCUT2D eigenvalue weighted by Gasteiger charge is 2.15. The molecule has 0 amide bonds. The van der Waals surface area contributed by atoms with Crippen molar-refractivity contribution >= 4 is 11.8 Å². The van der Waals surface area contributed by atoms with Crippen molar-refractivity contribution in [1.82, 2.24) is 14.8 Å². The molecule has 1 atom stereocenters. The summed E-state index contributed by atoms with van der Waals surface area (Å²) in [4.78, 5) is 0. The third kappa shape index (κ3) is 5.21. The Morgan fingerprint density at radius 2 is 2.04 bits per heavy atom. The topological polar surface area (TPSA) is 60.2 Å². The molecule has 146 valence electrons. The first-order valence-electron chi connectivity index (χ1n) is 8.87. The Bertz CT molecular complexity index is 928. The minimum atomic E-state index is -0.659. The SMILES string of the molecule is C=CCn1c(SC[C@H](O)COc2cccc(C)c2)nnc1-c1ccc(F)cc1. The molecule has 3 rings (SSSR count). The lowest BCUT2D eigenvalue weighted by Crippen LogP contribution is -2.20. The van der Waals surface area contributed by atoms with Crippen LogP contribution >= 0.6 is 11.8 Å². The van der Waals surface area contributed by atoms with Gasteiger partial charge in [0.1, 0.15) is 18.2 Å². The summed E-state index contributed by atoms with van der Waals surface area (Å²) < 4.78 is 20.7. The van der Waals surface area contributed by atoms with Gasteiger partial charge < -0.3 is 9.84 Å². The van der Waals surface area contributed by atoms with Crippen molar-refractivity contribution in [3.63, 3.8) is 0 Å². The second-order valence-electron chi connectivity index (χ2n) is 6.30. The minimum Gasteiger partial charge on any atom is -0.491 e. The molecular formula is C21H22FN3O2S. The van der Waals surface area contributed by atoms with Crippen LogP contribution in [0.25, 0.3) is 11.4 Å². The van der Waals surface area contributed by atoms with Crippen molar-refractivity contribution in [2.45, 2.75) is 24.7 Å². The number of halogens is 1. The predicted molar refractivity (Wildman–Crippen MR) is 109 cm³/mol. The fourth-order valence-corrected chi connectivity index (χ4v) is 3.47. The zero-order chi connectivity index (χ0) is 19.9. The second kappa shape index (κ2) is 9.52. The molecule has 1 N–H and O–H groups in total. The number of benzene rings is 2. The van der Waals surface area contributed by atoms with E-state index in [1.54, 1.807) is 18.2 Å². The second-order valence-corrected chi connectivity index (χ2v) is 7.29. The number of aliphatic hydroxyl groups excluding tert-OH is 1. The maximum Gasteiger partial charge on any atom is 0.191 e. The van der Waals surface area contributed by atoms with Gasteiger partial charge in [0, 0.05) is 17.9 Å². The summed E-state index contributed by atoms with van der Waals surface area (Å²) in [5.41, 5.74) is 1.87. The molecule has 0 saturated heterocycles. The summed E-state index contributed by atoms with van der Waals surface area (Å²) in [6.45, 7) is 6.47. The predicted octanol–water partition coefficient (Wildman–Crippen LogP) is 4.11. The van der Waals surface area contributed by atoms with Gasteiger partial charge in [0.25, 0.3) is 0 Å². The highest BCUT2D eigenvalue weighted by atomic mass is 32.2. The number of hydrogen-bond donors (Lipinski definition) is 1. The molecule has 3 aromatic rings. The average molecular weight is 399 g/mol. The van der Waals surface area contributed by atoms with Crippen molar-refractivity contribution in [3.05, 3.63) is 72.6 Å². The molecule has 0 aliphatic rings. The maximum absolute atomic E-state index is 13.2. The Balaban J connectivity index is 1.63. The van der Waals surface area contributed by atoms with E-state index in [1.807, 2.05) is 35.8 Å². The molecule has 28 heavy (non-hydrogen) atoms. The lowest BCUT2D eigenvalue weighted by atomic mass is 10.2. The standard InChI is InChI=1S/C21H22FN3O2S/c1-3-11-25-20(16-7-9-17(22)10-8-16)23-24-21(25)28-14-18(26)13-27-19-6-4-5-15(2)12-19/h3-10,12,18,26H,1,11,13-14H2,2H3/t18-/m1/s1. The van der Waals surface area contributed by atoms with Crippen LogP contribution in [0.5, 0.6) is 5.75 Å². The largest absolute Gasteiger partial charge is 0.491 e. The molecule has 0 aliphatic heterocycles. The van der Waals surface area contributed by atoms with Gasteiger partial charge in [0.2, 0.25) is 0 Å².